The molecule has 1 aliphatic heterocycles. The number of rotatable bonds is 4. The third-order valence-electron chi connectivity index (χ3n) is 5.30. The van der Waals surface area contributed by atoms with Crippen molar-refractivity contribution in [2.24, 2.45) is 5.92 Å². The van der Waals surface area contributed by atoms with Crippen LogP contribution in [0.2, 0.25) is 0 Å². The van der Waals surface area contributed by atoms with E-state index in [1.807, 2.05) is 32.9 Å². The number of amides is 2. The zero-order valence-corrected chi connectivity index (χ0v) is 15.5. The minimum atomic E-state index is 0.0836. The Labute approximate surface area is 154 Å². The monoisotopic (exact) mass is 354 g/mol. The lowest BCUT2D eigenvalue weighted by molar-refractivity contribution is 0.0693. The number of hydrogen-bond acceptors (Lipinski definition) is 4. The third kappa shape index (κ3) is 3.18. The summed E-state index contributed by atoms with van der Waals surface area (Å²) >= 11 is 0. The van der Waals surface area contributed by atoms with Crippen molar-refractivity contribution >= 4 is 6.03 Å². The lowest BCUT2D eigenvalue weighted by Crippen LogP contribution is -2.56. The summed E-state index contributed by atoms with van der Waals surface area (Å²) in [6.07, 6.45) is 8.54. The summed E-state index contributed by atoms with van der Waals surface area (Å²) in [5.74, 6) is 0.417. The molecule has 0 saturated carbocycles. The fraction of sp³-hybridized carbons (Fsp3) is 0.579. The number of nitrogens with zero attached hydrogens (tertiary/aromatic N) is 6. The topological polar surface area (TPSA) is 67.2 Å². The highest BCUT2D eigenvalue weighted by atomic mass is 16.2. The Morgan fingerprint density at radius 1 is 1.35 bits per heavy atom. The van der Waals surface area contributed by atoms with Crippen molar-refractivity contribution in [3.05, 3.63) is 42.0 Å². The van der Waals surface area contributed by atoms with Crippen molar-refractivity contribution in [1.82, 2.24) is 29.8 Å². The van der Waals surface area contributed by atoms with Gasteiger partial charge in [0.2, 0.25) is 0 Å². The molecule has 2 aromatic rings. The quantitative estimate of drug-likeness (QED) is 0.847. The molecule has 4 rings (SSSR count). The van der Waals surface area contributed by atoms with E-state index in [0.717, 1.165) is 31.5 Å². The van der Waals surface area contributed by atoms with Crippen molar-refractivity contribution in [3.8, 4) is 0 Å². The molecule has 0 radical (unpaired) electrons. The van der Waals surface area contributed by atoms with Gasteiger partial charge in [-0.05, 0) is 36.8 Å². The lowest BCUT2D eigenvalue weighted by Gasteiger charge is -2.44. The van der Waals surface area contributed by atoms with E-state index in [1.165, 1.54) is 5.56 Å². The zero-order chi connectivity index (χ0) is 18.1. The number of urea groups is 1. The smallest absolute Gasteiger partial charge is 0.320 e. The van der Waals surface area contributed by atoms with Crippen LogP contribution >= 0.6 is 0 Å². The predicted molar refractivity (Wildman–Crippen MR) is 97.5 cm³/mol. The molecule has 1 fully saturated rings. The number of aryl methyl sites for hydroxylation is 1. The summed E-state index contributed by atoms with van der Waals surface area (Å²) in [7, 11) is 0. The molecule has 2 aromatic heterocycles. The highest BCUT2D eigenvalue weighted by Gasteiger charge is 2.38. The SMILES string of the molecule is CC(C)CN(C(=O)N1CC(n2ccnn2)C1)C1CCCc2cccnc21. The molecule has 2 amide bonds. The minimum absolute atomic E-state index is 0.0836. The first-order chi connectivity index (χ1) is 12.6. The van der Waals surface area contributed by atoms with Gasteiger partial charge in [-0.25, -0.2) is 9.48 Å². The van der Waals surface area contributed by atoms with Crippen molar-refractivity contribution in [2.75, 3.05) is 19.6 Å². The molecular formula is C19H26N6O. The number of likely N-dealkylation sites (tertiary alicyclic amines) is 1. The van der Waals surface area contributed by atoms with Gasteiger partial charge >= 0.3 is 6.03 Å². The standard InChI is InChI=1S/C19H26N6O/c1-14(2)11-24(17-7-3-5-15-6-4-8-20-18(15)17)19(26)23-12-16(13-23)25-10-9-21-22-25/h4,6,8-10,14,16-17H,3,5,7,11-13H2,1-2H3. The maximum atomic E-state index is 13.3. The number of pyridine rings is 1. The average molecular weight is 354 g/mol. The van der Waals surface area contributed by atoms with Gasteiger partial charge in [0.05, 0.1) is 24.0 Å². The van der Waals surface area contributed by atoms with E-state index in [4.69, 9.17) is 0 Å². The molecule has 2 aliphatic rings. The Bertz CT molecular complexity index is 753. The second-order valence-corrected chi connectivity index (χ2v) is 7.73. The maximum Gasteiger partial charge on any atom is 0.320 e. The zero-order valence-electron chi connectivity index (χ0n) is 15.5. The van der Waals surface area contributed by atoms with Crippen LogP contribution in [0.3, 0.4) is 0 Å². The highest BCUT2D eigenvalue weighted by molar-refractivity contribution is 5.76. The molecule has 0 bridgehead atoms. The molecule has 7 heteroatoms. The molecule has 26 heavy (non-hydrogen) atoms. The van der Waals surface area contributed by atoms with E-state index >= 15 is 0 Å². The number of carbonyl (C=O) groups is 1. The summed E-state index contributed by atoms with van der Waals surface area (Å²) in [5, 5.41) is 7.91. The Morgan fingerprint density at radius 2 is 2.19 bits per heavy atom. The van der Waals surface area contributed by atoms with Crippen LogP contribution in [0.25, 0.3) is 0 Å². The molecule has 1 saturated heterocycles. The molecule has 0 N–H and O–H groups in total. The Kier molecular flexibility index (Phi) is 4.61. The molecule has 3 heterocycles. The van der Waals surface area contributed by atoms with Crippen LogP contribution < -0.4 is 0 Å². The van der Waals surface area contributed by atoms with Crippen molar-refractivity contribution in [3.63, 3.8) is 0 Å². The molecule has 138 valence electrons. The second kappa shape index (κ2) is 7.05. The molecule has 0 aromatic carbocycles. The van der Waals surface area contributed by atoms with Crippen molar-refractivity contribution in [1.29, 1.82) is 0 Å². The van der Waals surface area contributed by atoms with Gasteiger partial charge in [-0.3, -0.25) is 4.98 Å². The first kappa shape index (κ1) is 17.0. The molecule has 1 aliphatic carbocycles. The van der Waals surface area contributed by atoms with Gasteiger partial charge in [-0.2, -0.15) is 0 Å². The van der Waals surface area contributed by atoms with Crippen LogP contribution in [0.15, 0.2) is 30.7 Å². The van der Waals surface area contributed by atoms with Crippen LogP contribution in [0.4, 0.5) is 4.79 Å². The predicted octanol–water partition coefficient (Wildman–Crippen LogP) is 2.69. The van der Waals surface area contributed by atoms with Gasteiger partial charge in [0.25, 0.3) is 0 Å². The first-order valence-electron chi connectivity index (χ1n) is 9.48. The highest BCUT2D eigenvalue weighted by Crippen LogP contribution is 2.35. The molecular weight excluding hydrogens is 328 g/mol. The third-order valence-corrected chi connectivity index (χ3v) is 5.30. The van der Waals surface area contributed by atoms with Crippen molar-refractivity contribution in [2.45, 2.75) is 45.2 Å². The van der Waals surface area contributed by atoms with E-state index in [1.54, 1.807) is 6.20 Å². The van der Waals surface area contributed by atoms with Crippen LogP contribution in [0.5, 0.6) is 0 Å². The Hall–Kier alpha value is -2.44. The average Bonchev–Trinajstić information content (AvgIpc) is 3.12. The van der Waals surface area contributed by atoms with E-state index in [9.17, 15) is 4.79 Å². The maximum absolute atomic E-state index is 13.3. The van der Waals surface area contributed by atoms with Crippen LogP contribution in [-0.2, 0) is 6.42 Å². The van der Waals surface area contributed by atoms with Gasteiger partial charge in [-0.15, -0.1) is 5.10 Å². The van der Waals surface area contributed by atoms with Gasteiger partial charge in [0, 0.05) is 32.0 Å². The number of hydrogen-bond donors (Lipinski definition) is 0. The molecule has 1 atom stereocenters. The Morgan fingerprint density at radius 3 is 2.92 bits per heavy atom. The van der Waals surface area contributed by atoms with Crippen molar-refractivity contribution < 1.29 is 4.79 Å². The normalized spacial score (nSPS) is 20.0. The minimum Gasteiger partial charge on any atom is -0.320 e. The summed E-state index contributed by atoms with van der Waals surface area (Å²) in [6.45, 7) is 6.47. The Balaban J connectivity index is 1.52. The summed E-state index contributed by atoms with van der Waals surface area (Å²) in [4.78, 5) is 21.9. The van der Waals surface area contributed by atoms with Crippen LogP contribution in [-0.4, -0.2) is 55.4 Å². The van der Waals surface area contributed by atoms with Crippen LogP contribution in [0.1, 0.15) is 50.0 Å². The number of fused-ring (bicyclic) bond motifs is 1. The van der Waals surface area contributed by atoms with E-state index in [0.29, 0.717) is 19.0 Å². The van der Waals surface area contributed by atoms with Gasteiger partial charge in [0.1, 0.15) is 0 Å². The van der Waals surface area contributed by atoms with Gasteiger partial charge in [-0.1, -0.05) is 25.1 Å². The molecule has 0 spiro atoms. The van der Waals surface area contributed by atoms with Crippen LogP contribution in [0, 0.1) is 5.92 Å². The second-order valence-electron chi connectivity index (χ2n) is 7.73. The first-order valence-corrected chi connectivity index (χ1v) is 9.48. The number of carbonyl (C=O) groups excluding carboxylic acids is 1. The fourth-order valence-electron chi connectivity index (χ4n) is 3.99. The summed E-state index contributed by atoms with van der Waals surface area (Å²) in [6, 6.07) is 4.59. The lowest BCUT2D eigenvalue weighted by atomic mass is 9.90. The molecule has 1 unspecified atom stereocenters. The van der Waals surface area contributed by atoms with E-state index in [2.05, 4.69) is 35.2 Å². The molecule has 7 nitrogen and oxygen atoms in total. The van der Waals surface area contributed by atoms with E-state index < -0.39 is 0 Å². The van der Waals surface area contributed by atoms with Gasteiger partial charge < -0.3 is 9.80 Å². The van der Waals surface area contributed by atoms with E-state index in [-0.39, 0.29) is 18.1 Å². The van der Waals surface area contributed by atoms with Gasteiger partial charge in [0.15, 0.2) is 0 Å². The largest absolute Gasteiger partial charge is 0.320 e. The summed E-state index contributed by atoms with van der Waals surface area (Å²) in [5.41, 5.74) is 2.37. The number of aromatic nitrogens is 4. The fourth-order valence-corrected chi connectivity index (χ4v) is 3.99. The summed E-state index contributed by atoms with van der Waals surface area (Å²) < 4.78 is 1.84.